The SMILES string of the molecule is [C-]#[N+]/C(C#N)=C\c1cc(OC)c(-c2cc3sc4c5c(sc4c3s2)C=C(c2sc(/C=C(\C#N)[N+]#[C-])cc2OC)C52CCCCC2)s1. The Morgan fingerprint density at radius 1 is 0.800 bits per heavy atom. The fourth-order valence-electron chi connectivity index (χ4n) is 6.46. The maximum absolute atomic E-state index is 9.33. The average molecular weight is 679 g/mol. The molecule has 0 aliphatic heterocycles. The number of nitrogens with zero attached hydrogens (tertiary/aromatic N) is 4. The van der Waals surface area contributed by atoms with Gasteiger partial charge in [-0.25, -0.2) is 20.2 Å². The van der Waals surface area contributed by atoms with E-state index in [1.54, 1.807) is 49.0 Å². The molecule has 0 N–H and O–H groups in total. The Bertz CT molecular complexity index is 2250. The van der Waals surface area contributed by atoms with Crippen molar-refractivity contribution in [2.75, 3.05) is 14.2 Å². The van der Waals surface area contributed by atoms with E-state index in [1.165, 1.54) is 65.4 Å². The summed E-state index contributed by atoms with van der Waals surface area (Å²) < 4.78 is 16.8. The molecule has 0 unspecified atom stereocenters. The largest absolute Gasteiger partial charge is 0.495 e. The molecule has 0 aromatic carbocycles. The van der Waals surface area contributed by atoms with Crippen molar-refractivity contribution in [1.82, 2.24) is 0 Å². The summed E-state index contributed by atoms with van der Waals surface area (Å²) in [6.07, 6.45) is 11.4. The van der Waals surface area contributed by atoms with Gasteiger partial charge in [-0.15, -0.1) is 56.7 Å². The van der Waals surface area contributed by atoms with Crippen LogP contribution in [0.15, 0.2) is 29.6 Å². The summed E-state index contributed by atoms with van der Waals surface area (Å²) in [6, 6.07) is 10.0. The van der Waals surface area contributed by atoms with E-state index in [2.05, 4.69) is 21.8 Å². The van der Waals surface area contributed by atoms with Crippen LogP contribution in [0.5, 0.6) is 11.5 Å². The van der Waals surface area contributed by atoms with Gasteiger partial charge in [0.25, 0.3) is 11.4 Å². The Labute approximate surface area is 280 Å². The maximum Gasteiger partial charge on any atom is 0.263 e. The van der Waals surface area contributed by atoms with Crippen molar-refractivity contribution in [3.8, 4) is 33.4 Å². The highest BCUT2D eigenvalue weighted by atomic mass is 32.1. The first kappa shape index (κ1) is 29.5. The van der Waals surface area contributed by atoms with E-state index in [0.29, 0.717) is 0 Å². The number of methoxy groups -OCH3 is 2. The second kappa shape index (κ2) is 11.6. The fraction of sp³-hybridized carbons (Fsp3) is 0.235. The minimum atomic E-state index is -0.0852. The molecule has 0 atom stereocenters. The molecule has 1 saturated carbocycles. The minimum Gasteiger partial charge on any atom is -0.495 e. The quantitative estimate of drug-likeness (QED) is 0.132. The van der Waals surface area contributed by atoms with Crippen LogP contribution >= 0.6 is 56.7 Å². The van der Waals surface area contributed by atoms with Gasteiger partial charge in [0.2, 0.25) is 0 Å². The van der Waals surface area contributed by atoms with Gasteiger partial charge in [0.1, 0.15) is 11.5 Å². The monoisotopic (exact) mass is 678 g/mol. The van der Waals surface area contributed by atoms with E-state index < -0.39 is 0 Å². The molecule has 1 spiro atoms. The summed E-state index contributed by atoms with van der Waals surface area (Å²) in [7, 11) is 3.34. The third-order valence-corrected chi connectivity index (χ3v) is 14.5. The molecule has 5 heterocycles. The summed E-state index contributed by atoms with van der Waals surface area (Å²) in [5, 5.41) is 18.5. The highest BCUT2D eigenvalue weighted by Gasteiger charge is 2.47. The zero-order chi connectivity index (χ0) is 31.3. The highest BCUT2D eigenvalue weighted by molar-refractivity contribution is 7.40. The fourth-order valence-corrected chi connectivity index (χ4v) is 13.2. The topological polar surface area (TPSA) is 74.8 Å². The molecule has 5 aromatic rings. The van der Waals surface area contributed by atoms with Crippen LogP contribution in [0.3, 0.4) is 0 Å². The van der Waals surface area contributed by atoms with Crippen LogP contribution in [0.4, 0.5) is 0 Å². The molecule has 45 heavy (non-hydrogen) atoms. The molecule has 0 amide bonds. The van der Waals surface area contributed by atoms with Gasteiger partial charge >= 0.3 is 0 Å². The Balaban J connectivity index is 1.35. The van der Waals surface area contributed by atoms with Crippen LogP contribution in [-0.2, 0) is 5.41 Å². The number of thiophene rings is 5. The number of nitriles is 2. The third kappa shape index (κ3) is 4.72. The van der Waals surface area contributed by atoms with Crippen molar-refractivity contribution in [1.29, 1.82) is 10.5 Å². The second-order valence-corrected chi connectivity index (χ2v) is 16.0. The van der Waals surface area contributed by atoms with Crippen molar-refractivity contribution in [3.63, 3.8) is 0 Å². The van der Waals surface area contributed by atoms with Crippen molar-refractivity contribution in [3.05, 3.63) is 77.5 Å². The van der Waals surface area contributed by atoms with Gasteiger partial charge in [0.15, 0.2) is 0 Å². The molecule has 6 nitrogen and oxygen atoms in total. The lowest BCUT2D eigenvalue weighted by Crippen LogP contribution is -2.28. The summed E-state index contributed by atoms with van der Waals surface area (Å²) in [4.78, 5) is 12.9. The second-order valence-electron chi connectivity index (χ2n) is 10.7. The Morgan fingerprint density at radius 3 is 2.02 bits per heavy atom. The van der Waals surface area contributed by atoms with Crippen LogP contribution in [0.1, 0.15) is 57.2 Å². The molecular weight excluding hydrogens is 657 g/mol. The Morgan fingerprint density at radius 2 is 1.42 bits per heavy atom. The van der Waals surface area contributed by atoms with E-state index in [0.717, 1.165) is 48.7 Å². The first-order chi connectivity index (χ1) is 22.0. The number of allylic oxidation sites excluding steroid dienone is 3. The van der Waals surface area contributed by atoms with Gasteiger partial charge in [-0.2, -0.15) is 0 Å². The lowest BCUT2D eigenvalue weighted by Gasteiger charge is -2.37. The highest BCUT2D eigenvalue weighted by Crippen LogP contribution is 2.63. The zero-order valence-electron chi connectivity index (χ0n) is 24.1. The van der Waals surface area contributed by atoms with Gasteiger partial charge in [-0.05, 0) is 60.4 Å². The van der Waals surface area contributed by atoms with E-state index in [-0.39, 0.29) is 16.8 Å². The lowest BCUT2D eigenvalue weighted by atomic mass is 9.67. The molecule has 1 fully saturated rings. The zero-order valence-corrected chi connectivity index (χ0v) is 28.2. The van der Waals surface area contributed by atoms with Crippen LogP contribution in [-0.4, -0.2) is 14.2 Å². The van der Waals surface area contributed by atoms with Crippen molar-refractivity contribution >= 4 is 99.3 Å². The number of hydrogen-bond donors (Lipinski definition) is 0. The molecule has 2 aliphatic rings. The van der Waals surface area contributed by atoms with Crippen LogP contribution < -0.4 is 9.47 Å². The van der Waals surface area contributed by atoms with Crippen molar-refractivity contribution in [2.45, 2.75) is 37.5 Å². The Kier molecular flexibility index (Phi) is 7.62. The van der Waals surface area contributed by atoms with Gasteiger partial charge in [-0.1, -0.05) is 19.3 Å². The molecule has 0 saturated heterocycles. The van der Waals surface area contributed by atoms with Crippen LogP contribution in [0, 0.1) is 35.8 Å². The number of ether oxygens (including phenoxy) is 2. The molecule has 2 aliphatic carbocycles. The smallest absolute Gasteiger partial charge is 0.263 e. The van der Waals surface area contributed by atoms with Gasteiger partial charge < -0.3 is 9.47 Å². The number of fused-ring (bicyclic) bond motifs is 6. The van der Waals surface area contributed by atoms with Gasteiger partial charge in [-0.3, -0.25) is 0 Å². The summed E-state index contributed by atoms with van der Waals surface area (Å²) in [5.41, 5.74) is 2.81. The van der Waals surface area contributed by atoms with E-state index in [9.17, 15) is 10.5 Å². The molecular formula is C34H22N4O2S5. The predicted octanol–water partition coefficient (Wildman–Crippen LogP) is 11.3. The van der Waals surface area contributed by atoms with Gasteiger partial charge in [0.05, 0.1) is 68.2 Å². The summed E-state index contributed by atoms with van der Waals surface area (Å²) in [5.74, 6) is 1.55. The molecule has 5 aromatic heterocycles. The summed E-state index contributed by atoms with van der Waals surface area (Å²) >= 11 is 8.66. The molecule has 0 radical (unpaired) electrons. The Hall–Kier alpha value is -4.20. The van der Waals surface area contributed by atoms with E-state index in [1.807, 2.05) is 46.9 Å². The maximum atomic E-state index is 9.33. The van der Waals surface area contributed by atoms with Crippen molar-refractivity contribution < 1.29 is 9.47 Å². The molecule has 11 heteroatoms. The minimum absolute atomic E-state index is 0.0552. The average Bonchev–Trinajstić information content (AvgIpc) is 3.89. The number of hydrogen-bond acceptors (Lipinski definition) is 9. The lowest BCUT2D eigenvalue weighted by molar-refractivity contribution is 0.373. The van der Waals surface area contributed by atoms with E-state index in [4.69, 9.17) is 22.6 Å². The molecule has 0 bridgehead atoms. The van der Waals surface area contributed by atoms with Crippen LogP contribution in [0.25, 0.3) is 62.0 Å². The predicted molar refractivity (Wildman–Crippen MR) is 189 cm³/mol. The van der Waals surface area contributed by atoms with Gasteiger partial charge in [0, 0.05) is 24.7 Å². The summed E-state index contributed by atoms with van der Waals surface area (Å²) in [6.45, 7) is 14.5. The molecule has 220 valence electrons. The van der Waals surface area contributed by atoms with E-state index >= 15 is 0 Å². The molecule has 7 rings (SSSR count). The first-order valence-electron chi connectivity index (χ1n) is 14.0. The number of rotatable bonds is 6. The standard InChI is InChI=1S/C34H22N4O2S5/c1-37-18(16-35)10-20-12-23(39-3)29(41-20)22-14-25-28(34(22)8-6-5-7-9-34)32-33(43-25)31-27(45-32)15-26(44-31)30-24(40-4)13-21(42-30)11-19(17-36)38-2/h10-15H,5-9H2,3-4H3/b18-10+,19-11-. The third-order valence-electron chi connectivity index (χ3n) is 8.35. The normalized spacial score (nSPS) is 15.8. The van der Waals surface area contributed by atoms with Crippen LogP contribution in [0.2, 0.25) is 0 Å². The van der Waals surface area contributed by atoms with Crippen molar-refractivity contribution in [2.24, 2.45) is 0 Å². The first-order valence-corrected chi connectivity index (χ1v) is 18.1.